The summed E-state index contributed by atoms with van der Waals surface area (Å²) < 4.78 is 0. The molecule has 2 N–H and O–H groups in total. The first-order valence-corrected chi connectivity index (χ1v) is 5.86. The third-order valence-electron chi connectivity index (χ3n) is 1.96. The van der Waals surface area contributed by atoms with Gasteiger partial charge in [-0.2, -0.15) is 0 Å². The van der Waals surface area contributed by atoms with Crippen LogP contribution >= 0.6 is 11.3 Å². The van der Waals surface area contributed by atoms with Crippen molar-refractivity contribution in [2.75, 3.05) is 13.1 Å². The largest absolute Gasteiger partial charge is 0.393 e. The summed E-state index contributed by atoms with van der Waals surface area (Å²) in [4.78, 5) is 4.37. The molecule has 4 heteroatoms. The maximum absolute atomic E-state index is 9.02. The van der Waals surface area contributed by atoms with Crippen molar-refractivity contribution in [2.24, 2.45) is 0 Å². The van der Waals surface area contributed by atoms with Crippen LogP contribution < -0.4 is 5.32 Å². The molecule has 0 aromatic carbocycles. The first-order valence-electron chi connectivity index (χ1n) is 4.98. The van der Waals surface area contributed by atoms with Crippen LogP contribution in [0.4, 0.5) is 0 Å². The molecule has 0 spiro atoms. The van der Waals surface area contributed by atoms with Crippen LogP contribution in [0.15, 0.2) is 5.38 Å². The van der Waals surface area contributed by atoms with Gasteiger partial charge in [0.15, 0.2) is 0 Å². The fourth-order valence-corrected chi connectivity index (χ4v) is 1.82. The van der Waals surface area contributed by atoms with E-state index in [1.54, 1.807) is 11.3 Å². The second-order valence-electron chi connectivity index (χ2n) is 3.50. The molecule has 1 aromatic rings. The number of aromatic nitrogens is 1. The summed E-state index contributed by atoms with van der Waals surface area (Å²) in [6.07, 6.45) is 1.59. The zero-order valence-electron chi connectivity index (χ0n) is 8.79. The van der Waals surface area contributed by atoms with Gasteiger partial charge in [0, 0.05) is 18.3 Å². The van der Waals surface area contributed by atoms with Gasteiger partial charge in [-0.25, -0.2) is 4.98 Å². The fourth-order valence-electron chi connectivity index (χ4n) is 1.18. The lowest BCUT2D eigenvalue weighted by Gasteiger charge is -2.04. The number of rotatable bonds is 6. The molecule has 14 heavy (non-hydrogen) atoms. The van der Waals surface area contributed by atoms with Crippen LogP contribution in [0.2, 0.25) is 0 Å². The maximum atomic E-state index is 9.02. The first kappa shape index (κ1) is 11.6. The number of aliphatic hydroxyl groups is 1. The number of nitrogens with zero attached hydrogens (tertiary/aromatic N) is 1. The Morgan fingerprint density at radius 2 is 2.36 bits per heavy atom. The SMILES string of the molecule is Cc1nc(CCNCCC(C)O)cs1. The molecule has 0 aliphatic carbocycles. The van der Waals surface area contributed by atoms with Gasteiger partial charge in [-0.3, -0.25) is 0 Å². The van der Waals surface area contributed by atoms with E-state index in [0.29, 0.717) is 0 Å². The molecule has 0 aliphatic heterocycles. The minimum atomic E-state index is -0.205. The van der Waals surface area contributed by atoms with Crippen LogP contribution in [0, 0.1) is 6.92 Å². The summed E-state index contributed by atoms with van der Waals surface area (Å²) >= 11 is 1.69. The van der Waals surface area contributed by atoms with Crippen molar-refractivity contribution < 1.29 is 5.11 Å². The van der Waals surface area contributed by atoms with Gasteiger partial charge in [-0.15, -0.1) is 11.3 Å². The Labute approximate surface area is 89.2 Å². The Kier molecular flexibility index (Phi) is 5.07. The second kappa shape index (κ2) is 6.11. The van der Waals surface area contributed by atoms with Gasteiger partial charge in [-0.1, -0.05) is 0 Å². The number of nitrogens with one attached hydrogen (secondary N) is 1. The van der Waals surface area contributed by atoms with E-state index in [1.807, 2.05) is 13.8 Å². The molecule has 0 saturated carbocycles. The minimum absolute atomic E-state index is 0.205. The summed E-state index contributed by atoms with van der Waals surface area (Å²) in [6, 6.07) is 0. The Hall–Kier alpha value is -0.450. The van der Waals surface area contributed by atoms with Crippen LogP contribution in [-0.2, 0) is 6.42 Å². The normalized spacial score (nSPS) is 13.1. The molecule has 1 aromatic heterocycles. The third-order valence-corrected chi connectivity index (χ3v) is 2.79. The summed E-state index contributed by atoms with van der Waals surface area (Å²) in [5.74, 6) is 0. The standard InChI is InChI=1S/C10H18N2OS/c1-8(13)3-5-11-6-4-10-7-14-9(2)12-10/h7-8,11,13H,3-6H2,1-2H3. The number of thiazole rings is 1. The van der Waals surface area contributed by atoms with Crippen molar-refractivity contribution in [1.29, 1.82) is 0 Å². The lowest BCUT2D eigenvalue weighted by atomic mass is 10.3. The molecule has 1 heterocycles. The van der Waals surface area contributed by atoms with E-state index in [9.17, 15) is 0 Å². The molecule has 0 aliphatic rings. The predicted molar refractivity (Wildman–Crippen MR) is 59.7 cm³/mol. The van der Waals surface area contributed by atoms with Gasteiger partial charge in [0.25, 0.3) is 0 Å². The van der Waals surface area contributed by atoms with E-state index in [0.717, 1.165) is 36.6 Å². The average Bonchev–Trinajstić information content (AvgIpc) is 2.50. The monoisotopic (exact) mass is 214 g/mol. The van der Waals surface area contributed by atoms with E-state index in [-0.39, 0.29) is 6.10 Å². The molecule has 0 amide bonds. The van der Waals surface area contributed by atoms with Crippen molar-refractivity contribution in [3.63, 3.8) is 0 Å². The Morgan fingerprint density at radius 3 is 2.93 bits per heavy atom. The van der Waals surface area contributed by atoms with Crippen LogP contribution in [0.5, 0.6) is 0 Å². The van der Waals surface area contributed by atoms with Crippen molar-refractivity contribution in [3.05, 3.63) is 16.1 Å². The molecule has 1 atom stereocenters. The number of hydrogen-bond acceptors (Lipinski definition) is 4. The van der Waals surface area contributed by atoms with E-state index < -0.39 is 0 Å². The minimum Gasteiger partial charge on any atom is -0.393 e. The number of aryl methyl sites for hydroxylation is 1. The van der Waals surface area contributed by atoms with Gasteiger partial charge in [-0.05, 0) is 26.8 Å². The highest BCUT2D eigenvalue weighted by Crippen LogP contribution is 2.07. The molecule has 1 unspecified atom stereocenters. The summed E-state index contributed by atoms with van der Waals surface area (Å²) in [5, 5.41) is 15.5. The predicted octanol–water partition coefficient (Wildman–Crippen LogP) is 1.35. The Morgan fingerprint density at radius 1 is 1.57 bits per heavy atom. The van der Waals surface area contributed by atoms with Crippen molar-refractivity contribution in [2.45, 2.75) is 32.8 Å². The molecular formula is C10H18N2OS. The smallest absolute Gasteiger partial charge is 0.0897 e. The zero-order chi connectivity index (χ0) is 10.4. The Balaban J connectivity index is 2.04. The number of hydrogen-bond donors (Lipinski definition) is 2. The third kappa shape index (κ3) is 4.69. The van der Waals surface area contributed by atoms with Crippen molar-refractivity contribution >= 4 is 11.3 Å². The van der Waals surface area contributed by atoms with E-state index in [4.69, 9.17) is 5.11 Å². The van der Waals surface area contributed by atoms with E-state index >= 15 is 0 Å². The molecule has 1 rings (SSSR count). The molecular weight excluding hydrogens is 196 g/mol. The first-order chi connectivity index (χ1) is 6.68. The van der Waals surface area contributed by atoms with Crippen LogP contribution in [0.25, 0.3) is 0 Å². The van der Waals surface area contributed by atoms with Gasteiger partial charge in [0.1, 0.15) is 0 Å². The average molecular weight is 214 g/mol. The highest BCUT2D eigenvalue weighted by Gasteiger charge is 1.98. The van der Waals surface area contributed by atoms with Crippen LogP contribution in [-0.4, -0.2) is 29.3 Å². The topological polar surface area (TPSA) is 45.2 Å². The molecule has 0 saturated heterocycles. The molecule has 0 radical (unpaired) electrons. The highest BCUT2D eigenvalue weighted by atomic mass is 32.1. The van der Waals surface area contributed by atoms with Crippen molar-refractivity contribution in [3.8, 4) is 0 Å². The summed E-state index contributed by atoms with van der Waals surface area (Å²) in [5.41, 5.74) is 1.16. The van der Waals surface area contributed by atoms with Crippen molar-refractivity contribution in [1.82, 2.24) is 10.3 Å². The number of aliphatic hydroxyl groups excluding tert-OH is 1. The molecule has 0 fully saturated rings. The summed E-state index contributed by atoms with van der Waals surface area (Å²) in [7, 11) is 0. The van der Waals surface area contributed by atoms with Gasteiger partial charge >= 0.3 is 0 Å². The lowest BCUT2D eigenvalue weighted by molar-refractivity contribution is 0.184. The van der Waals surface area contributed by atoms with Gasteiger partial charge < -0.3 is 10.4 Å². The van der Waals surface area contributed by atoms with E-state index in [2.05, 4.69) is 15.7 Å². The molecule has 3 nitrogen and oxygen atoms in total. The molecule has 80 valence electrons. The zero-order valence-corrected chi connectivity index (χ0v) is 9.60. The maximum Gasteiger partial charge on any atom is 0.0897 e. The Bertz CT molecular complexity index is 260. The van der Waals surface area contributed by atoms with Gasteiger partial charge in [0.05, 0.1) is 16.8 Å². The van der Waals surface area contributed by atoms with Crippen LogP contribution in [0.3, 0.4) is 0 Å². The van der Waals surface area contributed by atoms with Gasteiger partial charge in [0.2, 0.25) is 0 Å². The second-order valence-corrected chi connectivity index (χ2v) is 4.56. The lowest BCUT2D eigenvalue weighted by Crippen LogP contribution is -2.21. The summed E-state index contributed by atoms with van der Waals surface area (Å²) in [6.45, 7) is 5.65. The quantitative estimate of drug-likeness (QED) is 0.703. The molecule has 0 bridgehead atoms. The van der Waals surface area contributed by atoms with E-state index in [1.165, 1.54) is 0 Å². The highest BCUT2D eigenvalue weighted by molar-refractivity contribution is 7.09. The fraction of sp³-hybridized carbons (Fsp3) is 0.700. The van der Waals surface area contributed by atoms with Crippen LogP contribution in [0.1, 0.15) is 24.0 Å².